The van der Waals surface area contributed by atoms with Gasteiger partial charge in [-0.25, -0.2) is 19.3 Å². The summed E-state index contributed by atoms with van der Waals surface area (Å²) in [7, 11) is 0. The number of nitrogens with two attached hydrogens (primary N) is 1. The van der Waals surface area contributed by atoms with Gasteiger partial charge in [-0.3, -0.25) is 4.79 Å². The van der Waals surface area contributed by atoms with Crippen LogP contribution in [0.4, 0.5) is 10.2 Å². The van der Waals surface area contributed by atoms with Gasteiger partial charge in [-0.05, 0) is 80.8 Å². The molecule has 3 N–H and O–H groups in total. The number of pyridine rings is 1. The summed E-state index contributed by atoms with van der Waals surface area (Å²) in [6.07, 6.45) is 3.20. The Hall–Kier alpha value is -4.07. The van der Waals surface area contributed by atoms with E-state index in [9.17, 15) is 9.18 Å². The van der Waals surface area contributed by atoms with Crippen LogP contribution in [-0.4, -0.2) is 33.5 Å². The SMILES string of the molecule is CC(C)Oc1nc2ccc(C(=O)NCCCc3ccc(N)nc3)cc2nc1-c1ccc(F)cc1. The summed E-state index contributed by atoms with van der Waals surface area (Å²) in [6, 6.07) is 14.9. The first kappa shape index (κ1) is 23.1. The number of hydrogen-bond donors (Lipinski definition) is 2. The third kappa shape index (κ3) is 5.64. The number of nitrogens with one attached hydrogen (secondary N) is 1. The molecule has 2 heterocycles. The Morgan fingerprint density at radius 1 is 1.06 bits per heavy atom. The molecule has 4 aromatic rings. The summed E-state index contributed by atoms with van der Waals surface area (Å²) in [4.78, 5) is 26.1. The zero-order valence-electron chi connectivity index (χ0n) is 19.1. The normalized spacial score (nSPS) is 11.1. The molecule has 7 nitrogen and oxygen atoms in total. The molecule has 0 aliphatic carbocycles. The van der Waals surface area contributed by atoms with Crippen LogP contribution in [0.25, 0.3) is 22.3 Å². The maximum atomic E-state index is 13.4. The summed E-state index contributed by atoms with van der Waals surface area (Å²) in [6.45, 7) is 4.32. The Bertz CT molecular complexity index is 1290. The molecule has 0 saturated heterocycles. The van der Waals surface area contributed by atoms with Gasteiger partial charge in [0.25, 0.3) is 5.91 Å². The highest BCUT2D eigenvalue weighted by Crippen LogP contribution is 2.30. The number of hydrogen-bond acceptors (Lipinski definition) is 6. The van der Waals surface area contributed by atoms with E-state index in [0.717, 1.165) is 18.4 Å². The van der Waals surface area contributed by atoms with Crippen LogP contribution in [0.2, 0.25) is 0 Å². The van der Waals surface area contributed by atoms with Crippen molar-refractivity contribution in [3.63, 3.8) is 0 Å². The van der Waals surface area contributed by atoms with E-state index in [1.807, 2.05) is 19.9 Å². The maximum Gasteiger partial charge on any atom is 0.251 e. The molecule has 34 heavy (non-hydrogen) atoms. The molecule has 0 radical (unpaired) electrons. The molecule has 0 atom stereocenters. The number of fused-ring (bicyclic) bond motifs is 1. The van der Waals surface area contributed by atoms with Crippen LogP contribution in [0.15, 0.2) is 60.8 Å². The molecule has 8 heteroatoms. The molecule has 0 spiro atoms. The second-order valence-corrected chi connectivity index (χ2v) is 8.21. The minimum atomic E-state index is -0.338. The van der Waals surface area contributed by atoms with E-state index in [2.05, 4.69) is 15.3 Å². The highest BCUT2D eigenvalue weighted by molar-refractivity contribution is 5.97. The number of benzene rings is 2. The van der Waals surface area contributed by atoms with Gasteiger partial charge < -0.3 is 15.8 Å². The zero-order chi connectivity index (χ0) is 24.1. The summed E-state index contributed by atoms with van der Waals surface area (Å²) in [5.74, 6) is 0.325. The number of anilines is 1. The van der Waals surface area contributed by atoms with E-state index < -0.39 is 0 Å². The second-order valence-electron chi connectivity index (χ2n) is 8.21. The van der Waals surface area contributed by atoms with Crippen molar-refractivity contribution < 1.29 is 13.9 Å². The highest BCUT2D eigenvalue weighted by Gasteiger charge is 2.15. The minimum absolute atomic E-state index is 0.111. The van der Waals surface area contributed by atoms with Crippen LogP contribution in [0.3, 0.4) is 0 Å². The van der Waals surface area contributed by atoms with E-state index in [4.69, 9.17) is 15.5 Å². The standard InChI is InChI=1S/C26H26FN5O2/c1-16(2)34-26-24(18-6-9-20(27)10-7-18)31-22-14-19(8-11-21(22)32-26)25(33)29-13-3-4-17-5-12-23(28)30-15-17/h5-12,14-16H,3-4,13H2,1-2H3,(H2,28,30)(H,29,33). The van der Waals surface area contributed by atoms with Gasteiger partial charge in [0.1, 0.15) is 17.3 Å². The molecule has 2 aromatic carbocycles. The monoisotopic (exact) mass is 459 g/mol. The van der Waals surface area contributed by atoms with Gasteiger partial charge in [0.15, 0.2) is 0 Å². The molecule has 0 aliphatic heterocycles. The molecule has 4 rings (SSSR count). The first-order valence-electron chi connectivity index (χ1n) is 11.1. The third-order valence-electron chi connectivity index (χ3n) is 5.13. The van der Waals surface area contributed by atoms with E-state index in [0.29, 0.717) is 46.1 Å². The Labute approximate surface area is 197 Å². The Morgan fingerprint density at radius 3 is 2.56 bits per heavy atom. The van der Waals surface area contributed by atoms with Crippen molar-refractivity contribution in [3.05, 3.63) is 77.7 Å². The van der Waals surface area contributed by atoms with Gasteiger partial charge in [-0.2, -0.15) is 0 Å². The second kappa shape index (κ2) is 10.2. The fourth-order valence-electron chi connectivity index (χ4n) is 3.46. The average Bonchev–Trinajstić information content (AvgIpc) is 2.82. The first-order valence-corrected chi connectivity index (χ1v) is 11.1. The Balaban J connectivity index is 1.51. The molecule has 0 saturated carbocycles. The smallest absolute Gasteiger partial charge is 0.251 e. The van der Waals surface area contributed by atoms with E-state index in [-0.39, 0.29) is 17.8 Å². The number of carbonyl (C=O) groups excluding carboxylic acids is 1. The fraction of sp³-hybridized carbons (Fsp3) is 0.231. The van der Waals surface area contributed by atoms with Crippen molar-refractivity contribution in [2.45, 2.75) is 32.8 Å². The Morgan fingerprint density at radius 2 is 1.85 bits per heavy atom. The third-order valence-corrected chi connectivity index (χ3v) is 5.13. The number of carbonyl (C=O) groups is 1. The number of halogens is 1. The summed E-state index contributed by atoms with van der Waals surface area (Å²) in [5.41, 5.74) is 9.49. The first-order chi connectivity index (χ1) is 16.4. The average molecular weight is 460 g/mol. The fourth-order valence-corrected chi connectivity index (χ4v) is 3.46. The molecule has 0 aliphatic rings. The molecule has 2 aromatic heterocycles. The maximum absolute atomic E-state index is 13.4. The van der Waals surface area contributed by atoms with Crippen LogP contribution < -0.4 is 15.8 Å². The molecule has 174 valence electrons. The predicted octanol–water partition coefficient (Wildman–Crippen LogP) is 4.56. The minimum Gasteiger partial charge on any atom is -0.473 e. The van der Waals surface area contributed by atoms with Crippen molar-refractivity contribution in [1.82, 2.24) is 20.3 Å². The van der Waals surface area contributed by atoms with Gasteiger partial charge in [0, 0.05) is 23.9 Å². The lowest BCUT2D eigenvalue weighted by Crippen LogP contribution is -2.24. The highest BCUT2D eigenvalue weighted by atomic mass is 19.1. The molecule has 1 amide bonds. The number of nitrogens with zero attached hydrogens (tertiary/aromatic N) is 3. The van der Waals surface area contributed by atoms with Gasteiger partial charge in [0.05, 0.1) is 17.1 Å². The van der Waals surface area contributed by atoms with E-state index in [1.165, 1.54) is 12.1 Å². The van der Waals surface area contributed by atoms with Crippen molar-refractivity contribution in [2.75, 3.05) is 12.3 Å². The summed E-state index contributed by atoms with van der Waals surface area (Å²) in [5, 5.41) is 2.94. The number of aryl methyl sites for hydroxylation is 1. The number of nitrogen functional groups attached to an aromatic ring is 1. The molecular formula is C26H26FN5O2. The van der Waals surface area contributed by atoms with Crippen LogP contribution in [0.5, 0.6) is 5.88 Å². The zero-order valence-corrected chi connectivity index (χ0v) is 19.1. The van der Waals surface area contributed by atoms with Crippen molar-refractivity contribution in [2.24, 2.45) is 0 Å². The van der Waals surface area contributed by atoms with E-state index >= 15 is 0 Å². The lowest BCUT2D eigenvalue weighted by atomic mass is 10.1. The molecular weight excluding hydrogens is 433 g/mol. The number of amides is 1. The summed E-state index contributed by atoms with van der Waals surface area (Å²) >= 11 is 0. The van der Waals surface area contributed by atoms with Crippen molar-refractivity contribution in [3.8, 4) is 17.1 Å². The molecule has 0 fully saturated rings. The number of rotatable bonds is 8. The van der Waals surface area contributed by atoms with Gasteiger partial charge >= 0.3 is 0 Å². The van der Waals surface area contributed by atoms with Gasteiger partial charge in [0.2, 0.25) is 5.88 Å². The quantitative estimate of drug-likeness (QED) is 0.374. The predicted molar refractivity (Wildman–Crippen MR) is 130 cm³/mol. The Kier molecular flexibility index (Phi) is 6.96. The lowest BCUT2D eigenvalue weighted by Gasteiger charge is -2.14. The van der Waals surface area contributed by atoms with E-state index in [1.54, 1.807) is 42.6 Å². The van der Waals surface area contributed by atoms with Crippen LogP contribution >= 0.6 is 0 Å². The largest absolute Gasteiger partial charge is 0.473 e. The van der Waals surface area contributed by atoms with Crippen molar-refractivity contribution >= 4 is 22.8 Å². The van der Waals surface area contributed by atoms with Gasteiger partial charge in [-0.15, -0.1) is 0 Å². The molecule has 0 unspecified atom stereocenters. The topological polar surface area (TPSA) is 103 Å². The summed E-state index contributed by atoms with van der Waals surface area (Å²) < 4.78 is 19.3. The van der Waals surface area contributed by atoms with Crippen LogP contribution in [-0.2, 0) is 6.42 Å². The lowest BCUT2D eigenvalue weighted by molar-refractivity contribution is 0.0953. The number of aromatic nitrogens is 3. The number of ether oxygens (including phenoxy) is 1. The van der Waals surface area contributed by atoms with Crippen LogP contribution in [0.1, 0.15) is 36.2 Å². The van der Waals surface area contributed by atoms with Crippen LogP contribution in [0, 0.1) is 5.82 Å². The van der Waals surface area contributed by atoms with Gasteiger partial charge in [-0.1, -0.05) is 6.07 Å². The van der Waals surface area contributed by atoms with Crippen molar-refractivity contribution in [1.29, 1.82) is 0 Å². The molecule has 0 bridgehead atoms.